The van der Waals surface area contributed by atoms with E-state index in [1.807, 2.05) is 43.3 Å². The van der Waals surface area contributed by atoms with Crippen LogP contribution in [0.2, 0.25) is 0 Å². The number of fused-ring (bicyclic) bond motifs is 3. The second-order valence-corrected chi connectivity index (χ2v) is 7.72. The van der Waals surface area contributed by atoms with E-state index in [4.69, 9.17) is 0 Å². The Labute approximate surface area is 176 Å². The van der Waals surface area contributed by atoms with Crippen LogP contribution >= 0.6 is 0 Å². The number of rotatable bonds is 4. The predicted octanol–water partition coefficient (Wildman–Crippen LogP) is 7.02. The molecule has 0 N–H and O–H groups in total. The second kappa shape index (κ2) is 7.31. The van der Waals surface area contributed by atoms with Crippen LogP contribution in [0, 0.1) is 6.92 Å². The van der Waals surface area contributed by atoms with Crippen molar-refractivity contribution in [2.45, 2.75) is 20.4 Å². The van der Waals surface area contributed by atoms with Crippen LogP contribution in [0.1, 0.15) is 28.4 Å². The van der Waals surface area contributed by atoms with Gasteiger partial charge in [0.1, 0.15) is 0 Å². The maximum Gasteiger partial charge on any atom is 0.193 e. The van der Waals surface area contributed by atoms with Crippen LogP contribution < -0.4 is 0 Å². The van der Waals surface area contributed by atoms with Crippen LogP contribution in [0.3, 0.4) is 0 Å². The lowest BCUT2D eigenvalue weighted by Crippen LogP contribution is -2.03. The van der Waals surface area contributed by atoms with Gasteiger partial charge < -0.3 is 4.57 Å². The van der Waals surface area contributed by atoms with E-state index in [2.05, 4.69) is 66.1 Å². The van der Waals surface area contributed by atoms with Crippen molar-refractivity contribution in [1.29, 1.82) is 0 Å². The summed E-state index contributed by atoms with van der Waals surface area (Å²) in [6.45, 7) is 5.03. The van der Waals surface area contributed by atoms with Crippen molar-refractivity contribution in [3.8, 4) is 11.1 Å². The standard InChI is InChI=1S/C28H23NO/c1-3-29-26-15-13-21(20-10-5-4-6-11-20)17-24(26)25-18-22(14-16-27(25)29)28(30)23-12-8-7-9-19(23)2/h4-18H,3H2,1-2H3. The molecular formula is C28H23NO. The molecular weight excluding hydrogens is 366 g/mol. The first-order chi connectivity index (χ1) is 14.7. The Bertz CT molecular complexity index is 1390. The zero-order chi connectivity index (χ0) is 20.7. The molecule has 2 heteroatoms. The van der Waals surface area contributed by atoms with Crippen LogP contribution in [0.4, 0.5) is 0 Å². The molecule has 1 aromatic heterocycles. The van der Waals surface area contributed by atoms with Crippen LogP contribution in [0.15, 0.2) is 91.0 Å². The van der Waals surface area contributed by atoms with Crippen molar-refractivity contribution in [2.24, 2.45) is 0 Å². The molecule has 0 amide bonds. The fraction of sp³-hybridized carbons (Fsp3) is 0.107. The minimum absolute atomic E-state index is 0.0756. The van der Waals surface area contributed by atoms with Gasteiger partial charge in [0, 0.05) is 39.5 Å². The molecule has 0 saturated heterocycles. The van der Waals surface area contributed by atoms with E-state index < -0.39 is 0 Å². The lowest BCUT2D eigenvalue weighted by molar-refractivity contribution is 0.103. The van der Waals surface area contributed by atoms with Gasteiger partial charge in [0.05, 0.1) is 0 Å². The molecule has 0 aliphatic rings. The number of hydrogen-bond acceptors (Lipinski definition) is 1. The SMILES string of the molecule is CCn1c2ccc(C(=O)c3ccccc3C)cc2c2cc(-c3ccccc3)ccc21. The Balaban J connectivity index is 1.73. The number of carbonyl (C=O) groups excluding carboxylic acids is 1. The average Bonchev–Trinajstić information content (AvgIpc) is 3.11. The van der Waals surface area contributed by atoms with Crippen molar-refractivity contribution in [3.05, 3.63) is 108 Å². The average molecular weight is 389 g/mol. The van der Waals surface area contributed by atoms with Gasteiger partial charge in [-0.15, -0.1) is 0 Å². The zero-order valence-corrected chi connectivity index (χ0v) is 17.2. The molecule has 0 aliphatic carbocycles. The molecule has 4 aromatic carbocycles. The number of aromatic nitrogens is 1. The molecule has 0 spiro atoms. The smallest absolute Gasteiger partial charge is 0.193 e. The Hall–Kier alpha value is -3.65. The van der Waals surface area contributed by atoms with Crippen molar-refractivity contribution in [2.75, 3.05) is 0 Å². The maximum atomic E-state index is 13.2. The highest BCUT2D eigenvalue weighted by Gasteiger charge is 2.16. The van der Waals surface area contributed by atoms with E-state index in [1.165, 1.54) is 27.5 Å². The Kier molecular flexibility index (Phi) is 4.48. The van der Waals surface area contributed by atoms with Gasteiger partial charge in [0.2, 0.25) is 0 Å². The first-order valence-corrected chi connectivity index (χ1v) is 10.4. The van der Waals surface area contributed by atoms with E-state index >= 15 is 0 Å². The number of aryl methyl sites for hydroxylation is 2. The van der Waals surface area contributed by atoms with E-state index in [-0.39, 0.29) is 5.78 Å². The van der Waals surface area contributed by atoms with Crippen molar-refractivity contribution in [1.82, 2.24) is 4.57 Å². The Morgan fingerprint density at radius 3 is 2.13 bits per heavy atom. The first kappa shape index (κ1) is 18.4. The molecule has 0 bridgehead atoms. The maximum absolute atomic E-state index is 13.2. The van der Waals surface area contributed by atoms with E-state index in [1.54, 1.807) is 0 Å². The molecule has 0 aliphatic heterocycles. The quantitative estimate of drug-likeness (QED) is 0.303. The van der Waals surface area contributed by atoms with Gasteiger partial charge in [-0.05, 0) is 60.9 Å². The van der Waals surface area contributed by atoms with Gasteiger partial charge in [-0.2, -0.15) is 0 Å². The summed E-state index contributed by atoms with van der Waals surface area (Å²) in [7, 11) is 0. The van der Waals surface area contributed by atoms with Crippen molar-refractivity contribution >= 4 is 27.6 Å². The van der Waals surface area contributed by atoms with E-state index in [9.17, 15) is 4.79 Å². The van der Waals surface area contributed by atoms with Crippen LogP contribution in [-0.2, 0) is 6.54 Å². The summed E-state index contributed by atoms with van der Waals surface area (Å²) in [5, 5.41) is 2.32. The number of benzene rings is 4. The highest BCUT2D eigenvalue weighted by atomic mass is 16.1. The largest absolute Gasteiger partial charge is 0.341 e. The third-order valence-electron chi connectivity index (χ3n) is 5.94. The minimum atomic E-state index is 0.0756. The molecule has 30 heavy (non-hydrogen) atoms. The number of nitrogens with zero attached hydrogens (tertiary/aromatic N) is 1. The molecule has 0 atom stereocenters. The van der Waals surface area contributed by atoms with E-state index in [0.717, 1.165) is 28.6 Å². The summed E-state index contributed by atoms with van der Waals surface area (Å²) in [5.41, 5.74) is 7.26. The summed E-state index contributed by atoms with van der Waals surface area (Å²) < 4.78 is 2.32. The van der Waals surface area contributed by atoms with Gasteiger partial charge in [-0.3, -0.25) is 4.79 Å². The predicted molar refractivity (Wildman–Crippen MR) is 125 cm³/mol. The third kappa shape index (κ3) is 2.93. The van der Waals surface area contributed by atoms with Crippen LogP contribution in [0.25, 0.3) is 32.9 Å². The summed E-state index contributed by atoms with van der Waals surface area (Å²) in [5.74, 6) is 0.0756. The van der Waals surface area contributed by atoms with Crippen LogP contribution in [0.5, 0.6) is 0 Å². The molecule has 0 unspecified atom stereocenters. The van der Waals surface area contributed by atoms with Gasteiger partial charge in [-0.25, -0.2) is 0 Å². The molecule has 0 fully saturated rings. The molecule has 5 rings (SSSR count). The third-order valence-corrected chi connectivity index (χ3v) is 5.94. The molecule has 146 valence electrons. The fourth-order valence-corrected chi connectivity index (χ4v) is 4.38. The first-order valence-electron chi connectivity index (χ1n) is 10.4. The highest BCUT2D eigenvalue weighted by molar-refractivity contribution is 6.15. The molecule has 0 saturated carbocycles. The van der Waals surface area contributed by atoms with Crippen molar-refractivity contribution < 1.29 is 4.79 Å². The minimum Gasteiger partial charge on any atom is -0.341 e. The zero-order valence-electron chi connectivity index (χ0n) is 17.2. The lowest BCUT2D eigenvalue weighted by Gasteiger charge is -2.06. The number of carbonyl (C=O) groups is 1. The highest BCUT2D eigenvalue weighted by Crippen LogP contribution is 2.33. The topological polar surface area (TPSA) is 22.0 Å². The Morgan fingerprint density at radius 2 is 1.40 bits per heavy atom. The summed E-state index contributed by atoms with van der Waals surface area (Å²) in [4.78, 5) is 13.2. The summed E-state index contributed by atoms with van der Waals surface area (Å²) >= 11 is 0. The molecule has 1 heterocycles. The normalized spacial score (nSPS) is 11.3. The Morgan fingerprint density at radius 1 is 0.733 bits per heavy atom. The number of ketones is 1. The molecule has 0 radical (unpaired) electrons. The summed E-state index contributed by atoms with van der Waals surface area (Å²) in [6.07, 6.45) is 0. The molecule has 5 aromatic rings. The van der Waals surface area contributed by atoms with Crippen LogP contribution in [-0.4, -0.2) is 10.4 Å². The van der Waals surface area contributed by atoms with E-state index in [0.29, 0.717) is 0 Å². The van der Waals surface area contributed by atoms with Gasteiger partial charge in [0.25, 0.3) is 0 Å². The van der Waals surface area contributed by atoms with Gasteiger partial charge >= 0.3 is 0 Å². The molecule has 2 nitrogen and oxygen atoms in total. The monoisotopic (exact) mass is 389 g/mol. The lowest BCUT2D eigenvalue weighted by atomic mass is 9.97. The number of hydrogen-bond donors (Lipinski definition) is 0. The van der Waals surface area contributed by atoms with Gasteiger partial charge in [-0.1, -0.05) is 60.7 Å². The second-order valence-electron chi connectivity index (χ2n) is 7.72. The fourth-order valence-electron chi connectivity index (χ4n) is 4.38. The van der Waals surface area contributed by atoms with Crippen molar-refractivity contribution in [3.63, 3.8) is 0 Å². The van der Waals surface area contributed by atoms with Gasteiger partial charge in [0.15, 0.2) is 5.78 Å². The summed E-state index contributed by atoms with van der Waals surface area (Å²) in [6, 6.07) is 31.0.